The fourth-order valence-corrected chi connectivity index (χ4v) is 10.0. The summed E-state index contributed by atoms with van der Waals surface area (Å²) in [5.41, 5.74) is 20.1. The fraction of sp³-hybridized carbons (Fsp3) is 0.0769. The Bertz CT molecular complexity index is 2920. The van der Waals surface area contributed by atoms with Gasteiger partial charge in [-0.25, -0.2) is 0 Å². The van der Waals surface area contributed by atoms with E-state index in [0.717, 1.165) is 57.9 Å². The number of para-hydroxylation sites is 2. The lowest BCUT2D eigenvalue weighted by Gasteiger charge is -2.37. The van der Waals surface area contributed by atoms with E-state index < -0.39 is 0 Å². The average Bonchev–Trinajstić information content (AvgIpc) is 3.79. The number of furan rings is 1. The summed E-state index contributed by atoms with van der Waals surface area (Å²) >= 11 is 0. The van der Waals surface area contributed by atoms with Crippen LogP contribution in [0.2, 0.25) is 0 Å². The molecule has 2 aliphatic heterocycles. The van der Waals surface area contributed by atoms with Crippen molar-refractivity contribution in [3.63, 3.8) is 0 Å². The van der Waals surface area contributed by atoms with Crippen molar-refractivity contribution in [3.05, 3.63) is 209 Å². The van der Waals surface area contributed by atoms with E-state index in [1.54, 1.807) is 0 Å². The first kappa shape index (κ1) is 30.6. The highest BCUT2D eigenvalue weighted by Crippen LogP contribution is 2.62. The molecule has 0 saturated carbocycles. The average molecular weight is 705 g/mol. The maximum Gasteiger partial charge on any atom is 0.135 e. The molecular formula is C52H36N2O. The van der Waals surface area contributed by atoms with Crippen molar-refractivity contribution in [2.45, 2.75) is 24.7 Å². The van der Waals surface area contributed by atoms with E-state index in [-0.39, 0.29) is 11.8 Å². The molecule has 0 amide bonds. The van der Waals surface area contributed by atoms with Crippen LogP contribution in [-0.2, 0) is 6.42 Å². The fourth-order valence-electron chi connectivity index (χ4n) is 10.0. The molecular weight excluding hydrogens is 669 g/mol. The summed E-state index contributed by atoms with van der Waals surface area (Å²) < 4.78 is 6.42. The Morgan fingerprint density at radius 3 is 2.44 bits per heavy atom. The van der Waals surface area contributed by atoms with Gasteiger partial charge in [-0.3, -0.25) is 0 Å². The zero-order chi connectivity index (χ0) is 36.2. The van der Waals surface area contributed by atoms with Crippen LogP contribution in [0.4, 0.5) is 28.4 Å². The Labute approximate surface area is 320 Å². The van der Waals surface area contributed by atoms with E-state index in [0.29, 0.717) is 0 Å². The number of fused-ring (bicyclic) bond motifs is 8. The predicted molar refractivity (Wildman–Crippen MR) is 228 cm³/mol. The molecule has 7 aromatic rings. The van der Waals surface area contributed by atoms with Crippen molar-refractivity contribution in [2.75, 3.05) is 9.80 Å². The number of allylic oxidation sites excluding steroid dienone is 7. The smallest absolute Gasteiger partial charge is 0.135 e. The van der Waals surface area contributed by atoms with Crippen molar-refractivity contribution in [1.29, 1.82) is 0 Å². The molecule has 0 N–H and O–H groups in total. The standard InChI is InChI=1S/C52H36N2O/c1-32-42-31-34-14-5-9-24-43(34)54(36-18-11-15-33(30-36)37-22-13-27-48-50(37)41-21-8-10-26-47(41)55-48)45-28-29-46-52(49(32)45)51-40(38-19-6-7-20-39(38)42)23-12-25-44(51)53(46)35-16-3-2-4-17-35/h2-9,11-25,27-31,40,51H,1,10,26H2/b42-31+. The lowest BCUT2D eigenvalue weighted by Crippen LogP contribution is -2.21. The molecule has 2 bridgehead atoms. The van der Waals surface area contributed by atoms with Gasteiger partial charge in [-0.2, -0.15) is 0 Å². The Kier molecular flexibility index (Phi) is 6.44. The third-order valence-corrected chi connectivity index (χ3v) is 12.3. The van der Waals surface area contributed by atoms with E-state index in [1.807, 2.05) is 0 Å². The van der Waals surface area contributed by atoms with Gasteiger partial charge in [0.25, 0.3) is 0 Å². The zero-order valence-electron chi connectivity index (χ0n) is 30.2. The highest BCUT2D eigenvalue weighted by atomic mass is 16.3. The number of nitrogens with zero attached hydrogens (tertiary/aromatic N) is 2. The van der Waals surface area contributed by atoms with Crippen molar-refractivity contribution < 1.29 is 4.42 Å². The topological polar surface area (TPSA) is 19.6 Å². The molecule has 260 valence electrons. The third-order valence-electron chi connectivity index (χ3n) is 12.3. The van der Waals surface area contributed by atoms with E-state index >= 15 is 0 Å². The second-order valence-electron chi connectivity index (χ2n) is 15.2. The molecule has 2 unspecified atom stereocenters. The van der Waals surface area contributed by atoms with Crippen LogP contribution in [-0.4, -0.2) is 0 Å². The van der Waals surface area contributed by atoms with Crippen LogP contribution in [0.5, 0.6) is 0 Å². The number of anilines is 5. The van der Waals surface area contributed by atoms with Crippen LogP contribution in [0, 0.1) is 0 Å². The summed E-state index contributed by atoms with van der Waals surface area (Å²) in [4.78, 5) is 4.97. The minimum atomic E-state index is 0.121. The van der Waals surface area contributed by atoms with Gasteiger partial charge in [-0.05, 0) is 112 Å². The minimum absolute atomic E-state index is 0.121. The normalized spacial score (nSPS) is 19.4. The van der Waals surface area contributed by atoms with Crippen LogP contribution < -0.4 is 9.80 Å². The summed E-state index contributed by atoms with van der Waals surface area (Å²) in [5.74, 6) is 1.37. The van der Waals surface area contributed by atoms with Gasteiger partial charge in [-0.15, -0.1) is 0 Å². The Morgan fingerprint density at radius 2 is 1.49 bits per heavy atom. The molecule has 3 heterocycles. The minimum Gasteiger partial charge on any atom is -0.460 e. The van der Waals surface area contributed by atoms with Gasteiger partial charge < -0.3 is 14.2 Å². The van der Waals surface area contributed by atoms with E-state index in [2.05, 4.69) is 180 Å². The maximum atomic E-state index is 6.42. The highest BCUT2D eigenvalue weighted by molar-refractivity contribution is 6.17. The second-order valence-corrected chi connectivity index (χ2v) is 15.2. The number of hydrogen-bond acceptors (Lipinski definition) is 3. The van der Waals surface area contributed by atoms with Crippen LogP contribution in [0.3, 0.4) is 0 Å². The number of hydrogen-bond donors (Lipinski definition) is 0. The Morgan fingerprint density at radius 1 is 0.691 bits per heavy atom. The van der Waals surface area contributed by atoms with Gasteiger partial charge in [0.15, 0.2) is 0 Å². The lowest BCUT2D eigenvalue weighted by atomic mass is 9.70. The lowest BCUT2D eigenvalue weighted by molar-refractivity contribution is 0.546. The number of rotatable bonds is 3. The molecule has 5 aliphatic rings. The molecule has 0 radical (unpaired) electrons. The molecule has 0 spiro atoms. The first-order valence-electron chi connectivity index (χ1n) is 19.3. The Hall–Kier alpha value is -6.84. The molecule has 2 atom stereocenters. The molecule has 3 heteroatoms. The highest BCUT2D eigenvalue weighted by Gasteiger charge is 2.46. The van der Waals surface area contributed by atoms with Gasteiger partial charge >= 0.3 is 0 Å². The molecule has 3 nitrogen and oxygen atoms in total. The molecule has 0 saturated heterocycles. The van der Waals surface area contributed by atoms with Gasteiger partial charge in [0.1, 0.15) is 11.3 Å². The Balaban J connectivity index is 1.15. The first-order chi connectivity index (χ1) is 27.2. The molecule has 55 heavy (non-hydrogen) atoms. The monoisotopic (exact) mass is 704 g/mol. The van der Waals surface area contributed by atoms with Gasteiger partial charge in [0.2, 0.25) is 0 Å². The molecule has 3 aliphatic carbocycles. The largest absolute Gasteiger partial charge is 0.460 e. The maximum absolute atomic E-state index is 6.42. The predicted octanol–water partition coefficient (Wildman–Crippen LogP) is 13.9. The summed E-state index contributed by atoms with van der Waals surface area (Å²) in [5, 5.41) is 1.19. The molecule has 6 aromatic carbocycles. The number of aryl methyl sites for hydroxylation is 1. The molecule has 0 fully saturated rings. The van der Waals surface area contributed by atoms with Crippen LogP contribution >= 0.6 is 0 Å². The van der Waals surface area contributed by atoms with Crippen molar-refractivity contribution >= 4 is 62.7 Å². The van der Waals surface area contributed by atoms with Crippen LogP contribution in [0.15, 0.2) is 174 Å². The van der Waals surface area contributed by atoms with Crippen molar-refractivity contribution in [3.8, 4) is 11.1 Å². The van der Waals surface area contributed by atoms with Crippen molar-refractivity contribution in [1.82, 2.24) is 0 Å². The number of benzene rings is 6. The quantitative estimate of drug-likeness (QED) is 0.183. The van der Waals surface area contributed by atoms with E-state index in [4.69, 9.17) is 11.0 Å². The summed E-state index contributed by atoms with van der Waals surface area (Å²) in [6.07, 6.45) is 15.9. The van der Waals surface area contributed by atoms with Gasteiger partial charge in [0, 0.05) is 51.8 Å². The van der Waals surface area contributed by atoms with Gasteiger partial charge in [-0.1, -0.05) is 116 Å². The van der Waals surface area contributed by atoms with Gasteiger partial charge in [0.05, 0.1) is 17.1 Å². The van der Waals surface area contributed by atoms with Crippen molar-refractivity contribution in [2.24, 2.45) is 0 Å². The van der Waals surface area contributed by atoms with E-state index in [9.17, 15) is 0 Å². The summed E-state index contributed by atoms with van der Waals surface area (Å²) in [7, 11) is 0. The third kappa shape index (κ3) is 4.32. The van der Waals surface area contributed by atoms with E-state index in [1.165, 1.54) is 61.4 Å². The molecule has 1 aromatic heterocycles. The van der Waals surface area contributed by atoms with Crippen LogP contribution in [0.25, 0.3) is 45.4 Å². The summed E-state index contributed by atoms with van der Waals surface area (Å²) in [6.45, 7) is 5.01. The van der Waals surface area contributed by atoms with Crippen LogP contribution in [0.1, 0.15) is 57.4 Å². The zero-order valence-corrected chi connectivity index (χ0v) is 30.2. The SMILES string of the molecule is C=C1/C2=C\c3ccccc3N(c3cccc(-c4cccc5oc6c(c45)C=CCC6)c3)c3ccc4c(c31)C1C(=CC=CC1c1ccccc12)N4c1ccccc1. The first-order valence-corrected chi connectivity index (χ1v) is 19.3. The second kappa shape index (κ2) is 11.6. The molecule has 12 rings (SSSR count). The summed E-state index contributed by atoms with van der Waals surface area (Å²) in [6, 6.07) is 48.9.